The maximum absolute atomic E-state index is 4.48. The Labute approximate surface area is 95.0 Å². The third-order valence-corrected chi connectivity index (χ3v) is 3.28. The highest BCUT2D eigenvalue weighted by Crippen LogP contribution is 2.32. The molecule has 0 unspecified atom stereocenters. The fourth-order valence-electron chi connectivity index (χ4n) is 2.40. The van der Waals surface area contributed by atoms with Gasteiger partial charge in [0.2, 0.25) is 0 Å². The van der Waals surface area contributed by atoms with Crippen molar-refractivity contribution in [1.29, 1.82) is 0 Å². The number of aromatic nitrogens is 3. The maximum atomic E-state index is 4.48. The second-order valence-corrected chi connectivity index (χ2v) is 4.38. The molecule has 2 heterocycles. The summed E-state index contributed by atoms with van der Waals surface area (Å²) in [4.78, 5) is 12.2. The zero-order chi connectivity index (χ0) is 10.8. The molecule has 0 aliphatic heterocycles. The summed E-state index contributed by atoms with van der Waals surface area (Å²) in [6.45, 7) is 0. The zero-order valence-corrected chi connectivity index (χ0v) is 9.19. The Bertz CT molecular complexity index is 455. The van der Waals surface area contributed by atoms with Crippen molar-refractivity contribution in [1.82, 2.24) is 15.0 Å². The first-order valence-electron chi connectivity index (χ1n) is 5.90. The SMILES string of the molecule is c1ccc(-c2cnc(C3CCCC3)[nH]2)nc1. The largest absolute Gasteiger partial charge is 0.341 e. The number of hydrogen-bond donors (Lipinski definition) is 1. The minimum absolute atomic E-state index is 0.637. The topological polar surface area (TPSA) is 41.6 Å². The van der Waals surface area contributed by atoms with Crippen molar-refractivity contribution in [2.24, 2.45) is 0 Å². The van der Waals surface area contributed by atoms with Gasteiger partial charge in [0, 0.05) is 12.1 Å². The molecule has 2 aromatic heterocycles. The Morgan fingerprint density at radius 2 is 2.00 bits per heavy atom. The second-order valence-electron chi connectivity index (χ2n) is 4.38. The summed E-state index contributed by atoms with van der Waals surface area (Å²) in [5.41, 5.74) is 2.00. The maximum Gasteiger partial charge on any atom is 0.109 e. The lowest BCUT2D eigenvalue weighted by Gasteiger charge is -2.03. The van der Waals surface area contributed by atoms with Gasteiger partial charge in [0.05, 0.1) is 17.6 Å². The predicted octanol–water partition coefficient (Wildman–Crippen LogP) is 3.13. The van der Waals surface area contributed by atoms with Crippen LogP contribution in [0.4, 0.5) is 0 Å². The minimum Gasteiger partial charge on any atom is -0.341 e. The number of H-pyrrole nitrogens is 1. The van der Waals surface area contributed by atoms with Crippen LogP contribution in [-0.4, -0.2) is 15.0 Å². The predicted molar refractivity (Wildman–Crippen MR) is 63.0 cm³/mol. The van der Waals surface area contributed by atoms with E-state index in [4.69, 9.17) is 0 Å². The van der Waals surface area contributed by atoms with Crippen molar-refractivity contribution in [2.75, 3.05) is 0 Å². The van der Waals surface area contributed by atoms with Gasteiger partial charge in [-0.25, -0.2) is 4.98 Å². The van der Waals surface area contributed by atoms with Gasteiger partial charge in [-0.2, -0.15) is 0 Å². The summed E-state index contributed by atoms with van der Waals surface area (Å²) in [5, 5.41) is 0. The van der Waals surface area contributed by atoms with Gasteiger partial charge >= 0.3 is 0 Å². The molecule has 2 aromatic rings. The van der Waals surface area contributed by atoms with E-state index in [1.54, 1.807) is 0 Å². The van der Waals surface area contributed by atoms with Crippen LogP contribution >= 0.6 is 0 Å². The lowest BCUT2D eigenvalue weighted by Crippen LogP contribution is -1.94. The van der Waals surface area contributed by atoms with E-state index in [2.05, 4.69) is 15.0 Å². The molecular formula is C13H15N3. The van der Waals surface area contributed by atoms with Gasteiger partial charge < -0.3 is 4.98 Å². The molecule has 1 saturated carbocycles. The van der Waals surface area contributed by atoms with Gasteiger partial charge in [-0.15, -0.1) is 0 Å². The summed E-state index contributed by atoms with van der Waals surface area (Å²) in [7, 11) is 0. The normalized spacial score (nSPS) is 16.8. The van der Waals surface area contributed by atoms with Crippen molar-refractivity contribution in [3.05, 3.63) is 36.4 Å². The average Bonchev–Trinajstić information content (AvgIpc) is 3.01. The average molecular weight is 213 g/mol. The third-order valence-electron chi connectivity index (χ3n) is 3.28. The van der Waals surface area contributed by atoms with Gasteiger partial charge in [0.15, 0.2) is 0 Å². The molecule has 1 fully saturated rings. The number of nitrogens with one attached hydrogen (secondary N) is 1. The summed E-state index contributed by atoms with van der Waals surface area (Å²) in [6.07, 6.45) is 8.93. The molecule has 1 aliphatic carbocycles. The Morgan fingerprint density at radius 3 is 2.75 bits per heavy atom. The molecule has 3 nitrogen and oxygen atoms in total. The van der Waals surface area contributed by atoms with Crippen molar-refractivity contribution in [3.63, 3.8) is 0 Å². The van der Waals surface area contributed by atoms with Gasteiger partial charge in [0.25, 0.3) is 0 Å². The van der Waals surface area contributed by atoms with Crippen LogP contribution in [-0.2, 0) is 0 Å². The number of pyridine rings is 1. The number of nitrogens with zero attached hydrogens (tertiary/aromatic N) is 2. The molecule has 0 amide bonds. The number of rotatable bonds is 2. The Balaban J connectivity index is 1.87. The van der Waals surface area contributed by atoms with Crippen LogP contribution < -0.4 is 0 Å². The zero-order valence-electron chi connectivity index (χ0n) is 9.19. The monoisotopic (exact) mass is 213 g/mol. The minimum atomic E-state index is 0.637. The van der Waals surface area contributed by atoms with Gasteiger partial charge in [-0.3, -0.25) is 4.98 Å². The van der Waals surface area contributed by atoms with Crippen LogP contribution in [0.15, 0.2) is 30.6 Å². The molecule has 0 radical (unpaired) electrons. The van der Waals surface area contributed by atoms with E-state index in [9.17, 15) is 0 Å². The highest BCUT2D eigenvalue weighted by atomic mass is 14.9. The number of hydrogen-bond acceptors (Lipinski definition) is 2. The van der Waals surface area contributed by atoms with Crippen LogP contribution in [0.25, 0.3) is 11.4 Å². The fraction of sp³-hybridized carbons (Fsp3) is 0.385. The van der Waals surface area contributed by atoms with Gasteiger partial charge in [-0.1, -0.05) is 18.9 Å². The van der Waals surface area contributed by atoms with Crippen molar-refractivity contribution in [2.45, 2.75) is 31.6 Å². The molecule has 3 rings (SSSR count). The van der Waals surface area contributed by atoms with Crippen LogP contribution in [0.1, 0.15) is 37.4 Å². The fourth-order valence-corrected chi connectivity index (χ4v) is 2.40. The van der Waals surface area contributed by atoms with E-state index in [-0.39, 0.29) is 0 Å². The summed E-state index contributed by atoms with van der Waals surface area (Å²) in [6, 6.07) is 5.93. The quantitative estimate of drug-likeness (QED) is 0.832. The molecule has 0 spiro atoms. The molecule has 3 heteroatoms. The molecule has 1 aliphatic rings. The van der Waals surface area contributed by atoms with Crippen LogP contribution in [0.3, 0.4) is 0 Å². The van der Waals surface area contributed by atoms with E-state index in [0.29, 0.717) is 5.92 Å². The summed E-state index contributed by atoms with van der Waals surface area (Å²) >= 11 is 0. The number of aromatic amines is 1. The highest BCUT2D eigenvalue weighted by Gasteiger charge is 2.19. The van der Waals surface area contributed by atoms with Gasteiger partial charge in [-0.05, 0) is 25.0 Å². The molecule has 16 heavy (non-hydrogen) atoms. The van der Waals surface area contributed by atoms with E-state index >= 15 is 0 Å². The molecular weight excluding hydrogens is 198 g/mol. The van der Waals surface area contributed by atoms with E-state index in [1.807, 2.05) is 30.6 Å². The van der Waals surface area contributed by atoms with Crippen LogP contribution in [0.2, 0.25) is 0 Å². The Hall–Kier alpha value is -1.64. The van der Waals surface area contributed by atoms with Crippen molar-refractivity contribution < 1.29 is 0 Å². The first-order chi connectivity index (χ1) is 7.93. The van der Waals surface area contributed by atoms with E-state index in [1.165, 1.54) is 25.7 Å². The molecule has 82 valence electrons. The van der Waals surface area contributed by atoms with Gasteiger partial charge in [0.1, 0.15) is 5.82 Å². The highest BCUT2D eigenvalue weighted by molar-refractivity contribution is 5.52. The first-order valence-corrected chi connectivity index (χ1v) is 5.90. The molecule has 0 aromatic carbocycles. The summed E-state index contributed by atoms with van der Waals surface area (Å²) < 4.78 is 0. The number of imidazole rings is 1. The molecule has 1 N–H and O–H groups in total. The standard InChI is InChI=1S/C13H15N3/c1-2-6-10(5-1)13-15-9-12(16-13)11-7-3-4-8-14-11/h3-4,7-10H,1-2,5-6H2,(H,15,16). The first kappa shape index (κ1) is 9.58. The van der Waals surface area contributed by atoms with Crippen LogP contribution in [0, 0.1) is 0 Å². The molecule has 0 saturated heterocycles. The Kier molecular flexibility index (Phi) is 2.44. The van der Waals surface area contributed by atoms with E-state index in [0.717, 1.165) is 17.2 Å². The smallest absolute Gasteiger partial charge is 0.109 e. The second kappa shape index (κ2) is 4.08. The lowest BCUT2D eigenvalue weighted by molar-refractivity contribution is 0.679. The lowest BCUT2D eigenvalue weighted by atomic mass is 10.1. The molecule has 0 bridgehead atoms. The van der Waals surface area contributed by atoms with Crippen molar-refractivity contribution in [3.8, 4) is 11.4 Å². The Morgan fingerprint density at radius 1 is 1.12 bits per heavy atom. The van der Waals surface area contributed by atoms with E-state index < -0.39 is 0 Å². The van der Waals surface area contributed by atoms with Crippen LogP contribution in [0.5, 0.6) is 0 Å². The summed E-state index contributed by atoms with van der Waals surface area (Å²) in [5.74, 6) is 1.77. The third kappa shape index (κ3) is 1.73. The van der Waals surface area contributed by atoms with Crippen molar-refractivity contribution >= 4 is 0 Å². The molecule has 0 atom stereocenters.